The first kappa shape index (κ1) is 37.7. The van der Waals surface area contributed by atoms with Crippen molar-refractivity contribution in [1.82, 2.24) is 20.4 Å². The van der Waals surface area contributed by atoms with Gasteiger partial charge in [0.1, 0.15) is 18.9 Å². The molecule has 0 aromatic heterocycles. The first-order valence-corrected chi connectivity index (χ1v) is 16.0. The number of nitrogens with zero attached hydrogens (tertiary/aromatic N) is 2. The van der Waals surface area contributed by atoms with E-state index in [9.17, 15) is 29.0 Å². The summed E-state index contributed by atoms with van der Waals surface area (Å²) >= 11 is 0. The number of halogens is 1. The molecule has 45 heavy (non-hydrogen) atoms. The normalized spacial score (nSPS) is 16.8. The van der Waals surface area contributed by atoms with E-state index >= 15 is 0 Å². The number of rotatable bonds is 19. The molecule has 0 spiro atoms. The average Bonchev–Trinajstić information content (AvgIpc) is 3.05. The van der Waals surface area contributed by atoms with E-state index in [4.69, 9.17) is 12.8 Å². The molecule has 0 radical (unpaired) electrons. The molecule has 9 nitrogen and oxygen atoms in total. The number of terminal acetylenes is 2. The molecule has 4 N–H and O–H groups in total. The van der Waals surface area contributed by atoms with Gasteiger partial charge in [0.25, 0.3) is 0 Å². The summed E-state index contributed by atoms with van der Waals surface area (Å²) in [5.74, 6) is 3.03. The molecule has 10 heteroatoms. The van der Waals surface area contributed by atoms with Crippen LogP contribution in [0.2, 0.25) is 0 Å². The Hall–Kier alpha value is -3.44. The molecule has 1 aliphatic rings. The number of hydrogen-bond donors (Lipinski definition) is 4. The van der Waals surface area contributed by atoms with Gasteiger partial charge in [0.05, 0.1) is 18.1 Å². The van der Waals surface area contributed by atoms with Gasteiger partial charge in [-0.25, -0.2) is 4.39 Å². The summed E-state index contributed by atoms with van der Waals surface area (Å²) in [6, 6.07) is 7.38. The first-order chi connectivity index (χ1) is 21.6. The fourth-order valence-corrected chi connectivity index (χ4v) is 5.66. The fourth-order valence-electron chi connectivity index (χ4n) is 5.66. The summed E-state index contributed by atoms with van der Waals surface area (Å²) in [4.78, 5) is 43.3. The Labute approximate surface area is 268 Å². The molecule has 0 bridgehead atoms. The van der Waals surface area contributed by atoms with Gasteiger partial charge in [0.15, 0.2) is 0 Å². The van der Waals surface area contributed by atoms with Crippen molar-refractivity contribution in [2.45, 2.75) is 94.9 Å². The molecule has 0 aliphatic heterocycles. The summed E-state index contributed by atoms with van der Waals surface area (Å²) in [5, 5.41) is 27.3. The second-order valence-corrected chi connectivity index (χ2v) is 12.2. The highest BCUT2D eigenvalue weighted by Gasteiger charge is 2.34. The Bertz CT molecular complexity index is 1130. The van der Waals surface area contributed by atoms with E-state index in [1.807, 2.05) is 30.3 Å². The van der Waals surface area contributed by atoms with Crippen molar-refractivity contribution in [1.29, 1.82) is 0 Å². The molecule has 1 fully saturated rings. The number of benzene rings is 1. The number of amides is 3. The Morgan fingerprint density at radius 2 is 1.69 bits per heavy atom. The molecule has 1 aliphatic carbocycles. The van der Waals surface area contributed by atoms with Gasteiger partial charge in [-0.3, -0.25) is 19.3 Å². The van der Waals surface area contributed by atoms with Crippen molar-refractivity contribution in [2.75, 3.05) is 34.0 Å². The summed E-state index contributed by atoms with van der Waals surface area (Å²) in [7, 11) is 3.22. The molecule has 3 amide bonds. The van der Waals surface area contributed by atoms with Gasteiger partial charge >= 0.3 is 0 Å². The fraction of sp³-hybridized carbons (Fsp3) is 0.629. The topological polar surface area (TPSA) is 122 Å². The van der Waals surface area contributed by atoms with Crippen molar-refractivity contribution < 1.29 is 29.0 Å². The van der Waals surface area contributed by atoms with Crippen molar-refractivity contribution in [3.05, 3.63) is 35.9 Å². The van der Waals surface area contributed by atoms with Crippen LogP contribution >= 0.6 is 0 Å². The third-order valence-electron chi connectivity index (χ3n) is 8.55. The highest BCUT2D eigenvalue weighted by atomic mass is 19.1. The Morgan fingerprint density at radius 1 is 1.00 bits per heavy atom. The predicted octanol–water partition coefficient (Wildman–Crippen LogP) is 2.65. The maximum absolute atomic E-state index is 13.7. The van der Waals surface area contributed by atoms with E-state index in [0.717, 1.165) is 37.7 Å². The van der Waals surface area contributed by atoms with Gasteiger partial charge in [-0.2, -0.15) is 0 Å². The van der Waals surface area contributed by atoms with E-state index in [1.54, 1.807) is 14.1 Å². The molecule has 4 unspecified atom stereocenters. The second kappa shape index (κ2) is 20.6. The van der Waals surface area contributed by atoms with Gasteiger partial charge < -0.3 is 25.7 Å². The smallest absolute Gasteiger partial charge is 0.243 e. The second-order valence-electron chi connectivity index (χ2n) is 12.2. The number of carbonyl (C=O) groups is 3. The number of nitrogens with one attached hydrogen (secondary N) is 2. The lowest BCUT2D eigenvalue weighted by Crippen LogP contribution is -2.55. The Kier molecular flexibility index (Phi) is 17.2. The largest absolute Gasteiger partial charge is 0.390 e. The molecule has 0 heterocycles. The standard InChI is InChI=1S/C35H51FN4O5/c1-5-7-19-31(41)33(43)30(23-27-17-12-9-13-18-27)38-35(45)29(14-6-2)37-34(44)28(22-26-15-10-8-11-16-26)24-32(42)40(4)21-20-39(3)25-36/h1-2,8,10-11,15-16,27-31,33,41,43H,7,9,12-14,17-25H2,3-4H3,(H,37,44)(H,38,45)/t28?,29-,30?,31?,33?/m0/s1. The van der Waals surface area contributed by atoms with Crippen LogP contribution in [0.3, 0.4) is 0 Å². The molecule has 2 rings (SSSR count). The van der Waals surface area contributed by atoms with Crippen molar-refractivity contribution in [3.8, 4) is 24.7 Å². The lowest BCUT2D eigenvalue weighted by molar-refractivity contribution is -0.137. The minimum atomic E-state index is -1.25. The molecular weight excluding hydrogens is 575 g/mol. The van der Waals surface area contributed by atoms with Crippen molar-refractivity contribution in [3.63, 3.8) is 0 Å². The molecular formula is C35H51FN4O5. The molecule has 1 aromatic carbocycles. The highest BCUT2D eigenvalue weighted by Crippen LogP contribution is 2.29. The van der Waals surface area contributed by atoms with Gasteiger partial charge in [-0.15, -0.1) is 24.7 Å². The monoisotopic (exact) mass is 626 g/mol. The SMILES string of the molecule is C#CCCC(O)C(O)C(CC1CCCCC1)NC(=O)[C@H](CC#C)NC(=O)C(CC(=O)N(C)CCN(C)CF)Cc1ccccc1. The van der Waals surface area contributed by atoms with E-state index in [2.05, 4.69) is 22.5 Å². The van der Waals surface area contributed by atoms with Crippen LogP contribution in [0, 0.1) is 36.5 Å². The molecule has 5 atom stereocenters. The van der Waals surface area contributed by atoms with Gasteiger partial charge in [0, 0.05) is 39.4 Å². The maximum atomic E-state index is 13.7. The van der Waals surface area contributed by atoms with Gasteiger partial charge in [0.2, 0.25) is 17.7 Å². The van der Waals surface area contributed by atoms with Crippen LogP contribution in [0.4, 0.5) is 4.39 Å². The van der Waals surface area contributed by atoms with E-state index in [-0.39, 0.29) is 43.9 Å². The van der Waals surface area contributed by atoms with E-state index < -0.39 is 48.8 Å². The van der Waals surface area contributed by atoms with Gasteiger partial charge in [-0.05, 0) is 37.8 Å². The number of aliphatic hydroxyl groups is 2. The molecule has 1 saturated carbocycles. The summed E-state index contributed by atoms with van der Waals surface area (Å²) in [6.45, 7) is -0.00885. The average molecular weight is 627 g/mol. The highest BCUT2D eigenvalue weighted by molar-refractivity contribution is 5.91. The lowest BCUT2D eigenvalue weighted by Gasteiger charge is -2.33. The summed E-state index contributed by atoms with van der Waals surface area (Å²) < 4.78 is 12.9. The van der Waals surface area contributed by atoms with Crippen LogP contribution in [-0.4, -0.2) is 96.0 Å². The van der Waals surface area contributed by atoms with Gasteiger partial charge in [-0.1, -0.05) is 62.4 Å². The third-order valence-corrected chi connectivity index (χ3v) is 8.55. The van der Waals surface area contributed by atoms with Crippen LogP contribution in [0.5, 0.6) is 0 Å². The van der Waals surface area contributed by atoms with Crippen LogP contribution in [0.25, 0.3) is 0 Å². The van der Waals surface area contributed by atoms with Crippen LogP contribution in [0.1, 0.15) is 69.8 Å². The van der Waals surface area contributed by atoms with Crippen LogP contribution in [0.15, 0.2) is 30.3 Å². The summed E-state index contributed by atoms with van der Waals surface area (Å²) in [6.07, 6.45) is 14.8. The Morgan fingerprint density at radius 3 is 2.31 bits per heavy atom. The minimum Gasteiger partial charge on any atom is -0.390 e. The van der Waals surface area contributed by atoms with Crippen LogP contribution in [-0.2, 0) is 20.8 Å². The number of likely N-dealkylation sites (N-methyl/N-ethyl adjacent to an activating group) is 2. The minimum absolute atomic E-state index is 0.106. The predicted molar refractivity (Wildman–Crippen MR) is 173 cm³/mol. The Balaban J connectivity index is 2.20. The molecule has 1 aromatic rings. The number of hydrogen-bond acceptors (Lipinski definition) is 6. The zero-order valence-corrected chi connectivity index (χ0v) is 26.8. The van der Waals surface area contributed by atoms with Crippen molar-refractivity contribution in [2.24, 2.45) is 11.8 Å². The molecule has 0 saturated heterocycles. The quantitative estimate of drug-likeness (QED) is 0.138. The lowest BCUT2D eigenvalue weighted by atomic mass is 9.82. The first-order valence-electron chi connectivity index (χ1n) is 16.0. The van der Waals surface area contributed by atoms with E-state index in [1.165, 1.54) is 9.80 Å². The van der Waals surface area contributed by atoms with Crippen molar-refractivity contribution >= 4 is 17.7 Å². The molecule has 248 valence electrons. The summed E-state index contributed by atoms with van der Waals surface area (Å²) in [5.41, 5.74) is 0.847. The number of carbonyl (C=O) groups excluding carboxylic acids is 3. The number of aliphatic hydroxyl groups excluding tert-OH is 2. The zero-order chi connectivity index (χ0) is 33.2. The third kappa shape index (κ3) is 13.6. The zero-order valence-electron chi connectivity index (χ0n) is 26.8. The maximum Gasteiger partial charge on any atom is 0.243 e. The number of alkyl halides is 1. The van der Waals surface area contributed by atoms with Crippen LogP contribution < -0.4 is 10.6 Å². The van der Waals surface area contributed by atoms with E-state index in [0.29, 0.717) is 19.5 Å².